The first kappa shape index (κ1) is 14.8. The van der Waals surface area contributed by atoms with Crippen molar-refractivity contribution < 1.29 is 34.3 Å². The molecule has 1 saturated heterocycles. The van der Waals surface area contributed by atoms with Crippen LogP contribution in [-0.2, 0) is 19.0 Å². The molecular formula is C9H15BrO7. The van der Waals surface area contributed by atoms with Crippen LogP contribution in [0.2, 0.25) is 0 Å². The van der Waals surface area contributed by atoms with Gasteiger partial charge in [-0.3, -0.25) is 4.79 Å². The SMILES string of the molecule is CO[C@H]1[C@H](OC(=O)CBr)[C@H](O)[C@H](O)O[C@@H]1CO. The predicted octanol–water partition coefficient (Wildman–Crippen LogP) is -1.62. The van der Waals surface area contributed by atoms with Crippen LogP contribution in [0.1, 0.15) is 0 Å². The Morgan fingerprint density at radius 1 is 1.41 bits per heavy atom. The second-order valence-electron chi connectivity index (χ2n) is 3.53. The van der Waals surface area contributed by atoms with Crippen molar-refractivity contribution in [2.45, 2.75) is 30.7 Å². The molecule has 100 valence electrons. The summed E-state index contributed by atoms with van der Waals surface area (Å²) >= 11 is 2.91. The third-order valence-corrected chi connectivity index (χ3v) is 2.92. The van der Waals surface area contributed by atoms with E-state index in [1.807, 2.05) is 0 Å². The van der Waals surface area contributed by atoms with E-state index in [1.54, 1.807) is 0 Å². The molecule has 5 atom stereocenters. The summed E-state index contributed by atoms with van der Waals surface area (Å²) in [5, 5.41) is 28.1. The molecule has 1 aliphatic heterocycles. The Bertz CT molecular complexity index is 262. The van der Waals surface area contributed by atoms with E-state index < -0.39 is 43.3 Å². The zero-order chi connectivity index (χ0) is 13.0. The lowest BCUT2D eigenvalue weighted by atomic mass is 9.99. The zero-order valence-electron chi connectivity index (χ0n) is 9.15. The Labute approximate surface area is 106 Å². The summed E-state index contributed by atoms with van der Waals surface area (Å²) in [6.07, 6.45) is -5.77. The molecule has 0 bridgehead atoms. The molecule has 0 saturated carbocycles. The van der Waals surface area contributed by atoms with Crippen molar-refractivity contribution >= 4 is 21.9 Å². The molecule has 3 N–H and O–H groups in total. The highest BCUT2D eigenvalue weighted by molar-refractivity contribution is 9.09. The van der Waals surface area contributed by atoms with E-state index in [0.29, 0.717) is 0 Å². The fourth-order valence-corrected chi connectivity index (χ4v) is 1.79. The molecular weight excluding hydrogens is 300 g/mol. The van der Waals surface area contributed by atoms with Crippen molar-refractivity contribution in [1.82, 2.24) is 0 Å². The average molecular weight is 315 g/mol. The smallest absolute Gasteiger partial charge is 0.317 e. The lowest BCUT2D eigenvalue weighted by Crippen LogP contribution is -2.60. The minimum Gasteiger partial charge on any atom is -0.456 e. The molecule has 17 heavy (non-hydrogen) atoms. The molecule has 7 nitrogen and oxygen atoms in total. The summed E-state index contributed by atoms with van der Waals surface area (Å²) in [5.74, 6) is -0.609. The Balaban J connectivity index is 2.81. The fraction of sp³-hybridized carbons (Fsp3) is 0.889. The fourth-order valence-electron chi connectivity index (χ4n) is 1.66. The van der Waals surface area contributed by atoms with Gasteiger partial charge >= 0.3 is 5.97 Å². The summed E-state index contributed by atoms with van der Waals surface area (Å²) in [5.41, 5.74) is 0. The van der Waals surface area contributed by atoms with E-state index >= 15 is 0 Å². The van der Waals surface area contributed by atoms with E-state index in [4.69, 9.17) is 19.3 Å². The summed E-state index contributed by atoms with van der Waals surface area (Å²) in [6, 6.07) is 0. The van der Waals surface area contributed by atoms with Gasteiger partial charge in [0.05, 0.1) is 6.61 Å². The highest BCUT2D eigenvalue weighted by Gasteiger charge is 2.47. The minimum atomic E-state index is -1.54. The van der Waals surface area contributed by atoms with Gasteiger partial charge < -0.3 is 29.5 Å². The summed E-state index contributed by atoms with van der Waals surface area (Å²) < 4.78 is 14.9. The van der Waals surface area contributed by atoms with E-state index in [2.05, 4.69) is 15.9 Å². The van der Waals surface area contributed by atoms with Gasteiger partial charge in [0.15, 0.2) is 12.4 Å². The molecule has 0 aliphatic carbocycles. The van der Waals surface area contributed by atoms with E-state index in [-0.39, 0.29) is 5.33 Å². The number of methoxy groups -OCH3 is 1. The maximum Gasteiger partial charge on any atom is 0.317 e. The monoisotopic (exact) mass is 314 g/mol. The van der Waals surface area contributed by atoms with Crippen molar-refractivity contribution in [2.75, 3.05) is 19.0 Å². The molecule has 1 fully saturated rings. The van der Waals surface area contributed by atoms with Crippen LogP contribution in [0.4, 0.5) is 0 Å². The number of alkyl halides is 1. The van der Waals surface area contributed by atoms with Crippen molar-refractivity contribution in [2.24, 2.45) is 0 Å². The maximum atomic E-state index is 11.2. The van der Waals surface area contributed by atoms with Crippen LogP contribution in [0.3, 0.4) is 0 Å². The molecule has 1 rings (SSSR count). The van der Waals surface area contributed by atoms with E-state index in [1.165, 1.54) is 7.11 Å². The quantitative estimate of drug-likeness (QED) is 0.423. The molecule has 0 spiro atoms. The molecule has 0 aromatic carbocycles. The summed E-state index contributed by atoms with van der Waals surface area (Å²) in [7, 11) is 1.33. The maximum absolute atomic E-state index is 11.2. The standard InChI is InChI=1S/C9H15BrO7/c1-15-7-4(3-11)16-9(14)6(13)8(7)17-5(12)2-10/h4,6-9,11,13-14H,2-3H2,1H3/t4-,6+,7-,8-,9-/m1/s1. The van der Waals surface area contributed by atoms with Crippen LogP contribution in [-0.4, -0.2) is 71.0 Å². The number of esters is 1. The summed E-state index contributed by atoms with van der Waals surface area (Å²) in [4.78, 5) is 11.2. The second-order valence-corrected chi connectivity index (χ2v) is 4.09. The third kappa shape index (κ3) is 3.36. The Hall–Kier alpha value is -0.250. The highest BCUT2D eigenvalue weighted by Crippen LogP contribution is 2.24. The van der Waals surface area contributed by atoms with Gasteiger partial charge in [-0.15, -0.1) is 0 Å². The van der Waals surface area contributed by atoms with E-state index in [0.717, 1.165) is 0 Å². The molecule has 1 aliphatic rings. The average Bonchev–Trinajstić information content (AvgIpc) is 2.34. The van der Waals surface area contributed by atoms with Crippen LogP contribution in [0, 0.1) is 0 Å². The number of hydrogen-bond acceptors (Lipinski definition) is 7. The number of ether oxygens (including phenoxy) is 3. The van der Waals surface area contributed by atoms with Crippen LogP contribution in [0.15, 0.2) is 0 Å². The molecule has 0 radical (unpaired) electrons. The van der Waals surface area contributed by atoms with Gasteiger partial charge in [0.2, 0.25) is 0 Å². The largest absolute Gasteiger partial charge is 0.456 e. The lowest BCUT2D eigenvalue weighted by molar-refractivity contribution is -0.293. The van der Waals surface area contributed by atoms with Crippen molar-refractivity contribution in [3.63, 3.8) is 0 Å². The van der Waals surface area contributed by atoms with Gasteiger partial charge in [-0.25, -0.2) is 0 Å². The molecule has 0 unspecified atom stereocenters. The first-order chi connectivity index (χ1) is 8.04. The summed E-state index contributed by atoms with van der Waals surface area (Å²) in [6.45, 7) is -0.426. The van der Waals surface area contributed by atoms with Gasteiger partial charge in [0.25, 0.3) is 0 Å². The topological polar surface area (TPSA) is 105 Å². The third-order valence-electron chi connectivity index (χ3n) is 2.46. The van der Waals surface area contributed by atoms with Crippen molar-refractivity contribution in [3.05, 3.63) is 0 Å². The normalized spacial score (nSPS) is 37.8. The van der Waals surface area contributed by atoms with Crippen LogP contribution in [0.5, 0.6) is 0 Å². The minimum absolute atomic E-state index is 0.0482. The predicted molar refractivity (Wildman–Crippen MR) is 58.4 cm³/mol. The van der Waals surface area contributed by atoms with Crippen LogP contribution < -0.4 is 0 Å². The first-order valence-corrected chi connectivity index (χ1v) is 6.08. The van der Waals surface area contributed by atoms with Gasteiger partial charge in [0, 0.05) is 7.11 Å². The molecule has 0 aromatic rings. The molecule has 1 heterocycles. The Morgan fingerprint density at radius 2 is 2.06 bits per heavy atom. The van der Waals surface area contributed by atoms with Crippen LogP contribution >= 0.6 is 15.9 Å². The number of aliphatic hydroxyl groups is 3. The Morgan fingerprint density at radius 3 is 2.53 bits per heavy atom. The van der Waals surface area contributed by atoms with Gasteiger partial charge in [0.1, 0.15) is 23.6 Å². The number of carbonyl (C=O) groups is 1. The number of carbonyl (C=O) groups excluding carboxylic acids is 1. The first-order valence-electron chi connectivity index (χ1n) is 4.95. The lowest BCUT2D eigenvalue weighted by Gasteiger charge is -2.41. The van der Waals surface area contributed by atoms with Gasteiger partial charge in [-0.05, 0) is 0 Å². The molecule has 0 aromatic heterocycles. The van der Waals surface area contributed by atoms with E-state index in [9.17, 15) is 15.0 Å². The Kier molecular flexibility index (Phi) is 5.77. The number of hydrogen-bond donors (Lipinski definition) is 3. The van der Waals surface area contributed by atoms with Crippen molar-refractivity contribution in [3.8, 4) is 0 Å². The van der Waals surface area contributed by atoms with Gasteiger partial charge in [-0.2, -0.15) is 0 Å². The van der Waals surface area contributed by atoms with Crippen molar-refractivity contribution in [1.29, 1.82) is 0 Å². The second kappa shape index (κ2) is 6.62. The molecule has 0 amide bonds. The number of aliphatic hydroxyl groups excluding tert-OH is 3. The van der Waals surface area contributed by atoms with Gasteiger partial charge in [-0.1, -0.05) is 15.9 Å². The number of rotatable bonds is 4. The highest BCUT2D eigenvalue weighted by atomic mass is 79.9. The molecule has 8 heteroatoms. The number of halogens is 1. The zero-order valence-corrected chi connectivity index (χ0v) is 10.7. The van der Waals surface area contributed by atoms with Crippen LogP contribution in [0.25, 0.3) is 0 Å².